The molecule has 0 saturated heterocycles. The van der Waals surface area contributed by atoms with Crippen LogP contribution < -0.4 is 5.32 Å². The van der Waals surface area contributed by atoms with Crippen molar-refractivity contribution in [2.24, 2.45) is 0 Å². The van der Waals surface area contributed by atoms with Gasteiger partial charge in [0.2, 0.25) is 0 Å². The molecule has 96 valence electrons. The van der Waals surface area contributed by atoms with E-state index in [9.17, 15) is 0 Å². The summed E-state index contributed by atoms with van der Waals surface area (Å²) in [5.74, 6) is 0. The van der Waals surface area contributed by atoms with Gasteiger partial charge in [0.15, 0.2) is 0 Å². The lowest BCUT2D eigenvalue weighted by Gasteiger charge is -2.05. The summed E-state index contributed by atoms with van der Waals surface area (Å²) in [5, 5.41) is 5.35. The molecule has 2 aromatic carbocycles. The highest BCUT2D eigenvalue weighted by Gasteiger charge is 2.04. The highest BCUT2D eigenvalue weighted by Crippen LogP contribution is 2.21. The highest BCUT2D eigenvalue weighted by atomic mass is 35.5. The molecule has 19 heavy (non-hydrogen) atoms. The van der Waals surface area contributed by atoms with Crippen molar-refractivity contribution in [1.29, 1.82) is 0 Å². The molecule has 0 unspecified atom stereocenters. The molecule has 1 N–H and O–H groups in total. The Morgan fingerprint density at radius 1 is 0.895 bits per heavy atom. The molecule has 0 spiro atoms. The maximum absolute atomic E-state index is 6.12. The molecule has 0 radical (unpaired) electrons. The smallest absolute Gasteiger partial charge is 0.134 e. The number of nitrogens with one attached hydrogen (secondary N) is 1. The van der Waals surface area contributed by atoms with E-state index in [1.54, 1.807) is 0 Å². The van der Waals surface area contributed by atoms with Gasteiger partial charge in [0.1, 0.15) is 5.58 Å². The van der Waals surface area contributed by atoms with Crippen molar-refractivity contribution in [2.75, 3.05) is 0 Å². The molecule has 3 rings (SSSR count). The topological polar surface area (TPSA) is 25.2 Å². The summed E-state index contributed by atoms with van der Waals surface area (Å²) in [5.41, 5.74) is 3.21. The third-order valence-corrected chi connectivity index (χ3v) is 3.52. The van der Waals surface area contributed by atoms with E-state index in [2.05, 4.69) is 11.4 Å². The molecule has 0 bridgehead atoms. The zero-order valence-corrected chi connectivity index (χ0v) is 11.2. The van der Waals surface area contributed by atoms with Gasteiger partial charge in [-0.05, 0) is 17.7 Å². The Hall–Kier alpha value is -1.77. The fraction of sp³-hybridized carbons (Fsp3) is 0.125. The fourth-order valence-corrected chi connectivity index (χ4v) is 2.35. The summed E-state index contributed by atoms with van der Waals surface area (Å²) in [6.07, 6.45) is 1.81. The zero-order chi connectivity index (χ0) is 13.1. The molecule has 2 nitrogen and oxygen atoms in total. The minimum Gasteiger partial charge on any atom is -0.464 e. The zero-order valence-electron chi connectivity index (χ0n) is 10.4. The van der Waals surface area contributed by atoms with Crippen LogP contribution in [0.25, 0.3) is 11.0 Å². The maximum Gasteiger partial charge on any atom is 0.134 e. The Kier molecular flexibility index (Phi) is 3.53. The first-order chi connectivity index (χ1) is 9.34. The molecule has 1 heterocycles. The summed E-state index contributed by atoms with van der Waals surface area (Å²) >= 11 is 6.12. The summed E-state index contributed by atoms with van der Waals surface area (Å²) in [4.78, 5) is 0. The molecule has 1 aromatic heterocycles. The van der Waals surface area contributed by atoms with Gasteiger partial charge in [-0.3, -0.25) is 0 Å². The lowest BCUT2D eigenvalue weighted by atomic mass is 10.1. The van der Waals surface area contributed by atoms with Gasteiger partial charge in [0.05, 0.1) is 6.26 Å². The highest BCUT2D eigenvalue weighted by molar-refractivity contribution is 6.31. The second-order valence-corrected chi connectivity index (χ2v) is 4.86. The number of fused-ring (bicyclic) bond motifs is 1. The van der Waals surface area contributed by atoms with E-state index in [4.69, 9.17) is 16.0 Å². The van der Waals surface area contributed by atoms with Crippen LogP contribution in [-0.2, 0) is 13.1 Å². The lowest BCUT2D eigenvalue weighted by Crippen LogP contribution is -2.12. The van der Waals surface area contributed by atoms with Gasteiger partial charge in [0.25, 0.3) is 0 Å². The molecule has 0 aliphatic rings. The first-order valence-electron chi connectivity index (χ1n) is 6.24. The van der Waals surface area contributed by atoms with Gasteiger partial charge in [-0.25, -0.2) is 0 Å². The van der Waals surface area contributed by atoms with Crippen LogP contribution in [0, 0.1) is 0 Å². The van der Waals surface area contributed by atoms with Crippen molar-refractivity contribution in [3.8, 4) is 0 Å². The van der Waals surface area contributed by atoms with Crippen LogP contribution in [0.1, 0.15) is 11.1 Å². The average Bonchev–Trinajstić information content (AvgIpc) is 2.85. The molecule has 3 heteroatoms. The number of furan rings is 1. The van der Waals surface area contributed by atoms with Gasteiger partial charge in [-0.2, -0.15) is 0 Å². The minimum absolute atomic E-state index is 0.749. The van der Waals surface area contributed by atoms with Crippen LogP contribution in [0.15, 0.2) is 59.2 Å². The lowest BCUT2D eigenvalue weighted by molar-refractivity contribution is 0.602. The first-order valence-corrected chi connectivity index (χ1v) is 6.61. The van der Waals surface area contributed by atoms with E-state index in [1.807, 2.05) is 48.7 Å². The molecule has 3 aromatic rings. The van der Waals surface area contributed by atoms with Crippen molar-refractivity contribution in [3.05, 3.63) is 70.9 Å². The van der Waals surface area contributed by atoms with Gasteiger partial charge in [-0.1, -0.05) is 48.0 Å². The number of rotatable bonds is 4. The van der Waals surface area contributed by atoms with Crippen molar-refractivity contribution in [1.82, 2.24) is 5.32 Å². The standard InChI is InChI=1S/C16H14ClNO/c17-15-7-3-1-5-12(15)9-18-10-13-11-19-16-8-4-2-6-14(13)16/h1-8,11,18H,9-10H2. The van der Waals surface area contributed by atoms with Crippen molar-refractivity contribution >= 4 is 22.6 Å². The van der Waals surface area contributed by atoms with Crippen LogP contribution in [0.4, 0.5) is 0 Å². The molecular weight excluding hydrogens is 258 g/mol. The normalized spacial score (nSPS) is 11.0. The largest absolute Gasteiger partial charge is 0.464 e. The number of para-hydroxylation sites is 1. The predicted molar refractivity (Wildman–Crippen MR) is 78.2 cm³/mol. The van der Waals surface area contributed by atoms with E-state index in [0.717, 1.165) is 34.6 Å². The Balaban J connectivity index is 1.68. The van der Waals surface area contributed by atoms with E-state index in [0.29, 0.717) is 0 Å². The van der Waals surface area contributed by atoms with E-state index >= 15 is 0 Å². The van der Waals surface area contributed by atoms with Gasteiger partial charge in [0, 0.05) is 29.1 Å². The summed E-state index contributed by atoms with van der Waals surface area (Å²) in [7, 11) is 0. The van der Waals surface area contributed by atoms with Gasteiger partial charge in [-0.15, -0.1) is 0 Å². The Labute approximate surface area is 117 Å². The molecule has 0 saturated carbocycles. The second-order valence-electron chi connectivity index (χ2n) is 4.45. The van der Waals surface area contributed by atoms with Crippen LogP contribution in [0.5, 0.6) is 0 Å². The molecule has 0 aliphatic carbocycles. The number of hydrogen-bond acceptors (Lipinski definition) is 2. The van der Waals surface area contributed by atoms with Crippen LogP contribution in [0.3, 0.4) is 0 Å². The summed E-state index contributed by atoms with van der Waals surface area (Å²) in [6.45, 7) is 1.52. The van der Waals surface area contributed by atoms with Crippen molar-refractivity contribution < 1.29 is 4.42 Å². The number of benzene rings is 2. The van der Waals surface area contributed by atoms with Gasteiger partial charge < -0.3 is 9.73 Å². The van der Waals surface area contributed by atoms with Gasteiger partial charge >= 0.3 is 0 Å². The number of halogens is 1. The predicted octanol–water partition coefficient (Wildman–Crippen LogP) is 4.38. The molecule has 0 fully saturated rings. The molecule has 0 aliphatic heterocycles. The van der Waals surface area contributed by atoms with Crippen molar-refractivity contribution in [3.63, 3.8) is 0 Å². The summed E-state index contributed by atoms with van der Waals surface area (Å²) in [6, 6.07) is 15.9. The Morgan fingerprint density at radius 2 is 1.63 bits per heavy atom. The quantitative estimate of drug-likeness (QED) is 0.762. The monoisotopic (exact) mass is 271 g/mol. The van der Waals surface area contributed by atoms with Crippen molar-refractivity contribution in [2.45, 2.75) is 13.1 Å². The fourth-order valence-electron chi connectivity index (χ4n) is 2.14. The maximum atomic E-state index is 6.12. The Morgan fingerprint density at radius 3 is 2.53 bits per heavy atom. The Bertz CT molecular complexity index is 690. The third kappa shape index (κ3) is 2.65. The van der Waals surface area contributed by atoms with E-state index in [-0.39, 0.29) is 0 Å². The SMILES string of the molecule is Clc1ccccc1CNCc1coc2ccccc12. The van der Waals surface area contributed by atoms with E-state index in [1.165, 1.54) is 5.56 Å². The third-order valence-electron chi connectivity index (χ3n) is 3.15. The van der Waals surface area contributed by atoms with E-state index < -0.39 is 0 Å². The molecular formula is C16H14ClNO. The minimum atomic E-state index is 0.749. The average molecular weight is 272 g/mol. The van der Waals surface area contributed by atoms with Crippen LogP contribution in [0.2, 0.25) is 5.02 Å². The molecule has 0 atom stereocenters. The number of hydrogen-bond donors (Lipinski definition) is 1. The second kappa shape index (κ2) is 5.47. The summed E-state index contributed by atoms with van der Waals surface area (Å²) < 4.78 is 5.51. The molecule has 0 amide bonds. The van der Waals surface area contributed by atoms with Crippen LogP contribution >= 0.6 is 11.6 Å². The van der Waals surface area contributed by atoms with Crippen LogP contribution in [-0.4, -0.2) is 0 Å². The first kappa shape index (κ1) is 12.3.